The molecule has 0 aromatic heterocycles. The zero-order valence-electron chi connectivity index (χ0n) is 8.02. The topological polar surface area (TPSA) is 64.3 Å². The highest BCUT2D eigenvalue weighted by atomic mass is 16.7. The summed E-state index contributed by atoms with van der Waals surface area (Å²) in [6, 6.07) is 0. The van der Waals surface area contributed by atoms with Crippen LogP contribution in [0.1, 0.15) is 27.2 Å². The van der Waals surface area contributed by atoms with Crippen LogP contribution in [0.4, 0.5) is 0 Å². The van der Waals surface area contributed by atoms with Gasteiger partial charge in [0.15, 0.2) is 0 Å². The normalized spacial score (nSPS) is 11.3. The van der Waals surface area contributed by atoms with Crippen molar-refractivity contribution < 1.29 is 9.63 Å². The van der Waals surface area contributed by atoms with Gasteiger partial charge in [0.05, 0.1) is 5.41 Å². The van der Waals surface area contributed by atoms with E-state index in [-0.39, 0.29) is 5.97 Å². The van der Waals surface area contributed by atoms with Gasteiger partial charge in [-0.05, 0) is 33.7 Å². The summed E-state index contributed by atoms with van der Waals surface area (Å²) in [5.74, 6) is -0.250. The minimum absolute atomic E-state index is 0.250. The van der Waals surface area contributed by atoms with Crippen LogP contribution < -0.4 is 11.2 Å². The number of carbonyl (C=O) groups excluding carboxylic acids is 1. The van der Waals surface area contributed by atoms with Crippen LogP contribution >= 0.6 is 0 Å². The number of hydroxylamine groups is 1. The van der Waals surface area contributed by atoms with E-state index in [1.54, 1.807) is 20.8 Å². The van der Waals surface area contributed by atoms with Crippen LogP contribution in [0.2, 0.25) is 0 Å². The molecular weight excluding hydrogens is 156 g/mol. The Hall–Kier alpha value is -0.610. The van der Waals surface area contributed by atoms with Crippen LogP contribution in [0.5, 0.6) is 0 Å². The van der Waals surface area contributed by atoms with Gasteiger partial charge in [-0.15, -0.1) is 0 Å². The van der Waals surface area contributed by atoms with E-state index in [2.05, 4.69) is 5.48 Å². The lowest BCUT2D eigenvalue weighted by Crippen LogP contribution is -2.30. The average molecular weight is 174 g/mol. The van der Waals surface area contributed by atoms with E-state index in [9.17, 15) is 4.79 Å². The Kier molecular flexibility index (Phi) is 4.85. The first-order chi connectivity index (χ1) is 5.48. The Labute approximate surface area is 73.4 Å². The molecule has 0 spiro atoms. The van der Waals surface area contributed by atoms with Crippen molar-refractivity contribution in [2.24, 2.45) is 11.1 Å². The van der Waals surface area contributed by atoms with Gasteiger partial charge in [0, 0.05) is 6.54 Å². The molecule has 4 nitrogen and oxygen atoms in total. The van der Waals surface area contributed by atoms with Crippen molar-refractivity contribution >= 4 is 5.97 Å². The van der Waals surface area contributed by atoms with E-state index in [4.69, 9.17) is 10.6 Å². The summed E-state index contributed by atoms with van der Waals surface area (Å²) >= 11 is 0. The first-order valence-corrected chi connectivity index (χ1v) is 4.12. The first kappa shape index (κ1) is 11.4. The second-order valence-electron chi connectivity index (χ2n) is 3.68. The molecule has 4 heteroatoms. The highest BCUT2D eigenvalue weighted by Crippen LogP contribution is 2.13. The molecule has 0 radical (unpaired) electrons. The third-order valence-electron chi connectivity index (χ3n) is 1.26. The molecule has 0 atom stereocenters. The Morgan fingerprint density at radius 3 is 2.50 bits per heavy atom. The maximum Gasteiger partial charge on any atom is 0.329 e. The molecule has 0 aliphatic rings. The van der Waals surface area contributed by atoms with Gasteiger partial charge in [0.2, 0.25) is 0 Å². The Morgan fingerprint density at radius 2 is 2.08 bits per heavy atom. The van der Waals surface area contributed by atoms with E-state index in [0.717, 1.165) is 6.42 Å². The first-order valence-electron chi connectivity index (χ1n) is 4.12. The summed E-state index contributed by atoms with van der Waals surface area (Å²) in [7, 11) is 0. The fraction of sp³-hybridized carbons (Fsp3) is 0.875. The number of rotatable bonds is 4. The molecule has 0 unspecified atom stereocenters. The van der Waals surface area contributed by atoms with Crippen molar-refractivity contribution in [3.8, 4) is 0 Å². The third-order valence-corrected chi connectivity index (χ3v) is 1.26. The average Bonchev–Trinajstić information content (AvgIpc) is 1.96. The molecule has 0 aromatic carbocycles. The van der Waals surface area contributed by atoms with Crippen molar-refractivity contribution in [2.75, 3.05) is 13.1 Å². The zero-order chi connectivity index (χ0) is 9.61. The highest BCUT2D eigenvalue weighted by Gasteiger charge is 2.22. The van der Waals surface area contributed by atoms with Gasteiger partial charge in [0.25, 0.3) is 0 Å². The number of nitrogens with one attached hydrogen (secondary N) is 1. The SMILES string of the molecule is CC(C)(C)C(=O)ONCCCN. The lowest BCUT2D eigenvalue weighted by atomic mass is 9.98. The van der Waals surface area contributed by atoms with Gasteiger partial charge in [-0.25, -0.2) is 4.79 Å². The molecule has 0 amide bonds. The second-order valence-corrected chi connectivity index (χ2v) is 3.68. The number of nitrogens with two attached hydrogens (primary N) is 1. The van der Waals surface area contributed by atoms with Gasteiger partial charge in [-0.3, -0.25) is 0 Å². The van der Waals surface area contributed by atoms with E-state index in [0.29, 0.717) is 13.1 Å². The fourth-order valence-electron chi connectivity index (χ4n) is 0.444. The van der Waals surface area contributed by atoms with Crippen LogP contribution in [0.25, 0.3) is 0 Å². The van der Waals surface area contributed by atoms with Gasteiger partial charge < -0.3 is 10.6 Å². The second kappa shape index (κ2) is 5.11. The number of hydrogen-bond acceptors (Lipinski definition) is 4. The molecule has 0 fully saturated rings. The lowest BCUT2D eigenvalue weighted by Gasteiger charge is -2.15. The molecule has 0 saturated carbocycles. The van der Waals surface area contributed by atoms with Crippen LogP contribution in [0.15, 0.2) is 0 Å². The summed E-state index contributed by atoms with van der Waals surface area (Å²) < 4.78 is 0. The molecule has 0 bridgehead atoms. The van der Waals surface area contributed by atoms with Crippen molar-refractivity contribution in [1.29, 1.82) is 0 Å². The van der Waals surface area contributed by atoms with Crippen molar-refractivity contribution in [3.63, 3.8) is 0 Å². The third kappa shape index (κ3) is 5.09. The van der Waals surface area contributed by atoms with Crippen LogP contribution in [0, 0.1) is 5.41 Å². The predicted octanol–water partition coefficient (Wildman–Crippen LogP) is 0.429. The van der Waals surface area contributed by atoms with Crippen molar-refractivity contribution in [1.82, 2.24) is 5.48 Å². The van der Waals surface area contributed by atoms with Crippen molar-refractivity contribution in [2.45, 2.75) is 27.2 Å². The van der Waals surface area contributed by atoms with Gasteiger partial charge in [-0.2, -0.15) is 5.48 Å². The Balaban J connectivity index is 3.45. The summed E-state index contributed by atoms with van der Waals surface area (Å²) in [4.78, 5) is 15.9. The quantitative estimate of drug-likeness (QED) is 0.479. The number of carbonyl (C=O) groups is 1. The Morgan fingerprint density at radius 1 is 1.50 bits per heavy atom. The molecule has 0 aromatic rings. The Bertz CT molecular complexity index is 140. The molecule has 0 aliphatic heterocycles. The van der Waals surface area contributed by atoms with E-state index in [1.165, 1.54) is 0 Å². The fourth-order valence-corrected chi connectivity index (χ4v) is 0.444. The summed E-state index contributed by atoms with van der Waals surface area (Å²) in [5, 5.41) is 0. The molecule has 0 aliphatic carbocycles. The monoisotopic (exact) mass is 174 g/mol. The molecule has 0 rings (SSSR count). The summed E-state index contributed by atoms with van der Waals surface area (Å²) in [5.41, 5.74) is 7.37. The lowest BCUT2D eigenvalue weighted by molar-refractivity contribution is -0.160. The van der Waals surface area contributed by atoms with Crippen LogP contribution in [0.3, 0.4) is 0 Å². The minimum Gasteiger partial charge on any atom is -0.370 e. The molecule has 3 N–H and O–H groups in total. The van der Waals surface area contributed by atoms with Crippen LogP contribution in [-0.4, -0.2) is 19.1 Å². The van der Waals surface area contributed by atoms with E-state index >= 15 is 0 Å². The largest absolute Gasteiger partial charge is 0.370 e. The smallest absolute Gasteiger partial charge is 0.329 e. The molecule has 0 saturated heterocycles. The minimum atomic E-state index is -0.449. The van der Waals surface area contributed by atoms with E-state index < -0.39 is 5.41 Å². The number of hydrogen-bond donors (Lipinski definition) is 2. The summed E-state index contributed by atoms with van der Waals surface area (Å²) in [6.07, 6.45) is 0.803. The maximum atomic E-state index is 11.1. The standard InChI is InChI=1S/C8H18N2O2/c1-8(2,3)7(11)12-10-6-4-5-9/h10H,4-6,9H2,1-3H3. The zero-order valence-corrected chi connectivity index (χ0v) is 8.02. The van der Waals surface area contributed by atoms with Crippen LogP contribution in [-0.2, 0) is 9.63 Å². The summed E-state index contributed by atoms with van der Waals surface area (Å²) in [6.45, 7) is 6.62. The maximum absolute atomic E-state index is 11.1. The molecule has 72 valence electrons. The molecular formula is C8H18N2O2. The highest BCUT2D eigenvalue weighted by molar-refractivity contribution is 5.75. The van der Waals surface area contributed by atoms with Crippen molar-refractivity contribution in [3.05, 3.63) is 0 Å². The molecule has 12 heavy (non-hydrogen) atoms. The molecule has 0 heterocycles. The van der Waals surface area contributed by atoms with Gasteiger partial charge >= 0.3 is 5.97 Å². The van der Waals surface area contributed by atoms with Gasteiger partial charge in [0.1, 0.15) is 0 Å². The predicted molar refractivity (Wildman–Crippen MR) is 47.2 cm³/mol. The van der Waals surface area contributed by atoms with E-state index in [1.807, 2.05) is 0 Å². The van der Waals surface area contributed by atoms with Gasteiger partial charge in [-0.1, -0.05) is 0 Å².